The molecule has 0 spiro atoms. The Balaban J connectivity index is 1.36. The highest BCUT2D eigenvalue weighted by molar-refractivity contribution is 5.97. The summed E-state index contributed by atoms with van der Waals surface area (Å²) in [6, 6.07) is 17.5. The zero-order valence-corrected chi connectivity index (χ0v) is 19.1. The van der Waals surface area contributed by atoms with Gasteiger partial charge in [-0.1, -0.05) is 30.3 Å². The van der Waals surface area contributed by atoms with Crippen LogP contribution in [0.1, 0.15) is 31.7 Å². The third kappa shape index (κ3) is 6.03. The quantitative estimate of drug-likeness (QED) is 0.468. The highest BCUT2D eigenvalue weighted by atomic mass is 16.2. The fourth-order valence-corrected chi connectivity index (χ4v) is 4.22. The number of urea groups is 1. The minimum atomic E-state index is -0.0444. The largest absolute Gasteiger partial charge is 0.357 e. The normalized spacial score (nSPS) is 18.5. The minimum absolute atomic E-state index is 0.0124. The molecule has 8 nitrogen and oxygen atoms in total. The molecule has 8 heteroatoms. The number of hydrogen-bond donors (Lipinski definition) is 3. The number of carbonyl (C=O) groups excluding carboxylic acids is 2. The second-order valence-corrected chi connectivity index (χ2v) is 8.41. The number of amides is 3. The molecule has 0 aromatic heterocycles. The average Bonchev–Trinajstić information content (AvgIpc) is 3.49. The molecular weight excluding hydrogens is 416 g/mol. The van der Waals surface area contributed by atoms with E-state index in [-0.39, 0.29) is 18.0 Å². The van der Waals surface area contributed by atoms with Gasteiger partial charge >= 0.3 is 6.03 Å². The van der Waals surface area contributed by atoms with E-state index in [1.807, 2.05) is 71.3 Å². The van der Waals surface area contributed by atoms with Crippen molar-refractivity contribution in [3.05, 3.63) is 60.2 Å². The number of hydrogen-bond acceptors (Lipinski definition) is 3. The van der Waals surface area contributed by atoms with Gasteiger partial charge in [0.15, 0.2) is 5.96 Å². The highest BCUT2D eigenvalue weighted by Gasteiger charge is 2.31. The molecule has 0 bridgehead atoms. The number of guanidine groups is 1. The molecule has 2 saturated heterocycles. The first-order valence-electron chi connectivity index (χ1n) is 11.7. The zero-order valence-electron chi connectivity index (χ0n) is 19.1. The lowest BCUT2D eigenvalue weighted by molar-refractivity contribution is -0.117. The second-order valence-electron chi connectivity index (χ2n) is 8.41. The molecular formula is C25H32N6O2. The van der Waals surface area contributed by atoms with Crippen molar-refractivity contribution in [3.63, 3.8) is 0 Å². The molecule has 1 unspecified atom stereocenters. The van der Waals surface area contributed by atoms with Gasteiger partial charge in [-0.2, -0.15) is 0 Å². The van der Waals surface area contributed by atoms with E-state index in [4.69, 9.17) is 4.99 Å². The number of para-hydroxylation sites is 1. The van der Waals surface area contributed by atoms with E-state index in [2.05, 4.69) is 16.0 Å². The molecule has 3 N–H and O–H groups in total. The lowest BCUT2D eigenvalue weighted by Crippen LogP contribution is -2.44. The zero-order chi connectivity index (χ0) is 23.0. The van der Waals surface area contributed by atoms with Gasteiger partial charge in [-0.05, 0) is 49.6 Å². The Morgan fingerprint density at radius 3 is 2.64 bits per heavy atom. The number of aliphatic imine (C=N–C) groups is 1. The number of rotatable bonds is 6. The third-order valence-corrected chi connectivity index (χ3v) is 5.87. The minimum Gasteiger partial charge on any atom is -0.357 e. The van der Waals surface area contributed by atoms with Crippen LogP contribution in [0.3, 0.4) is 0 Å². The van der Waals surface area contributed by atoms with Crippen molar-refractivity contribution in [2.45, 2.75) is 38.8 Å². The number of anilines is 2. The van der Waals surface area contributed by atoms with Gasteiger partial charge in [-0.25, -0.2) is 9.79 Å². The summed E-state index contributed by atoms with van der Waals surface area (Å²) < 4.78 is 0. The smallest absolute Gasteiger partial charge is 0.321 e. The van der Waals surface area contributed by atoms with Gasteiger partial charge in [0.1, 0.15) is 0 Å². The lowest BCUT2D eigenvalue weighted by atomic mass is 10.2. The SMILES string of the molecule is CCNC(=NCc1cccc(NC(=O)N2CCCC2)c1)NC1CC(=O)N(c2ccccc2)C1. The molecule has 4 rings (SSSR count). The van der Waals surface area contributed by atoms with Gasteiger partial charge in [0, 0.05) is 44.0 Å². The predicted molar refractivity (Wildman–Crippen MR) is 131 cm³/mol. The van der Waals surface area contributed by atoms with Crippen molar-refractivity contribution in [1.82, 2.24) is 15.5 Å². The summed E-state index contributed by atoms with van der Waals surface area (Å²) in [5.74, 6) is 0.785. The van der Waals surface area contributed by atoms with Crippen molar-refractivity contribution >= 4 is 29.3 Å². The van der Waals surface area contributed by atoms with E-state index < -0.39 is 0 Å². The van der Waals surface area contributed by atoms with Gasteiger partial charge in [0.25, 0.3) is 0 Å². The maximum absolute atomic E-state index is 12.5. The Morgan fingerprint density at radius 1 is 1.09 bits per heavy atom. The maximum Gasteiger partial charge on any atom is 0.321 e. The standard InChI is InChI=1S/C25H32N6O2/c1-2-26-24(28-21-16-23(32)31(18-21)22-11-4-3-5-12-22)27-17-19-9-8-10-20(15-19)29-25(33)30-13-6-7-14-30/h3-5,8-12,15,21H,2,6-7,13-14,16-18H2,1H3,(H,29,33)(H2,26,27,28). The molecule has 2 aromatic rings. The maximum atomic E-state index is 12.5. The monoisotopic (exact) mass is 448 g/mol. The lowest BCUT2D eigenvalue weighted by Gasteiger charge is -2.19. The molecule has 0 saturated carbocycles. The molecule has 0 aliphatic carbocycles. The molecule has 2 aromatic carbocycles. The van der Waals surface area contributed by atoms with E-state index in [1.165, 1.54) is 0 Å². The fourth-order valence-electron chi connectivity index (χ4n) is 4.22. The second kappa shape index (κ2) is 10.8. The van der Waals surface area contributed by atoms with E-state index in [0.29, 0.717) is 25.5 Å². The number of nitrogens with zero attached hydrogens (tertiary/aromatic N) is 3. The summed E-state index contributed by atoms with van der Waals surface area (Å²) in [5.41, 5.74) is 2.69. The van der Waals surface area contributed by atoms with E-state index in [1.54, 1.807) is 0 Å². The Bertz CT molecular complexity index is 987. The summed E-state index contributed by atoms with van der Waals surface area (Å²) in [6.07, 6.45) is 2.56. The van der Waals surface area contributed by atoms with E-state index in [9.17, 15) is 9.59 Å². The molecule has 3 amide bonds. The van der Waals surface area contributed by atoms with Crippen LogP contribution in [-0.4, -0.2) is 55.0 Å². The van der Waals surface area contributed by atoms with E-state index >= 15 is 0 Å². The van der Waals surface area contributed by atoms with Gasteiger partial charge in [-0.15, -0.1) is 0 Å². The first kappa shape index (κ1) is 22.6. The summed E-state index contributed by atoms with van der Waals surface area (Å²) in [5, 5.41) is 9.65. The Hall–Kier alpha value is -3.55. The number of benzene rings is 2. The molecule has 2 heterocycles. The Kier molecular flexibility index (Phi) is 7.44. The fraction of sp³-hybridized carbons (Fsp3) is 0.400. The first-order valence-corrected chi connectivity index (χ1v) is 11.7. The first-order chi connectivity index (χ1) is 16.1. The van der Waals surface area contributed by atoms with Crippen LogP contribution in [0.5, 0.6) is 0 Å². The van der Waals surface area contributed by atoms with Crippen molar-refractivity contribution in [2.75, 3.05) is 36.4 Å². The number of likely N-dealkylation sites (tertiary alicyclic amines) is 1. The van der Waals surface area contributed by atoms with Crippen LogP contribution in [0.4, 0.5) is 16.2 Å². The number of nitrogens with one attached hydrogen (secondary N) is 3. The van der Waals surface area contributed by atoms with Crippen LogP contribution in [0.2, 0.25) is 0 Å². The van der Waals surface area contributed by atoms with Gasteiger partial charge in [0.05, 0.1) is 12.6 Å². The molecule has 1 atom stereocenters. The summed E-state index contributed by atoms with van der Waals surface area (Å²) in [4.78, 5) is 33.2. The van der Waals surface area contributed by atoms with Gasteiger partial charge in [0.2, 0.25) is 5.91 Å². The van der Waals surface area contributed by atoms with Crippen LogP contribution >= 0.6 is 0 Å². The van der Waals surface area contributed by atoms with Gasteiger partial charge in [-0.3, -0.25) is 4.79 Å². The van der Waals surface area contributed by atoms with Crippen LogP contribution in [0, 0.1) is 0 Å². The Labute approximate surface area is 195 Å². The molecule has 0 radical (unpaired) electrons. The summed E-state index contributed by atoms with van der Waals surface area (Å²) in [7, 11) is 0. The predicted octanol–water partition coefficient (Wildman–Crippen LogP) is 3.17. The molecule has 2 aliphatic rings. The van der Waals surface area contributed by atoms with Crippen molar-refractivity contribution in [3.8, 4) is 0 Å². The summed E-state index contributed by atoms with van der Waals surface area (Å²) >= 11 is 0. The van der Waals surface area contributed by atoms with Crippen molar-refractivity contribution in [2.24, 2.45) is 4.99 Å². The third-order valence-electron chi connectivity index (χ3n) is 5.87. The van der Waals surface area contributed by atoms with Gasteiger partial charge < -0.3 is 25.8 Å². The van der Waals surface area contributed by atoms with Crippen LogP contribution in [-0.2, 0) is 11.3 Å². The molecule has 2 fully saturated rings. The molecule has 174 valence electrons. The number of carbonyl (C=O) groups is 2. The van der Waals surface area contributed by atoms with Crippen molar-refractivity contribution < 1.29 is 9.59 Å². The highest BCUT2D eigenvalue weighted by Crippen LogP contribution is 2.21. The average molecular weight is 449 g/mol. The summed E-state index contributed by atoms with van der Waals surface area (Å²) in [6.45, 7) is 5.44. The van der Waals surface area contributed by atoms with Crippen molar-refractivity contribution in [1.29, 1.82) is 0 Å². The molecule has 2 aliphatic heterocycles. The van der Waals surface area contributed by atoms with Crippen LogP contribution < -0.4 is 20.9 Å². The van der Waals surface area contributed by atoms with Crippen LogP contribution in [0.15, 0.2) is 59.6 Å². The Morgan fingerprint density at radius 2 is 1.88 bits per heavy atom. The van der Waals surface area contributed by atoms with Crippen LogP contribution in [0.25, 0.3) is 0 Å². The topological polar surface area (TPSA) is 89.1 Å². The molecule has 33 heavy (non-hydrogen) atoms. The van der Waals surface area contributed by atoms with E-state index in [0.717, 1.165) is 49.4 Å².